The maximum atomic E-state index is 11.2. The number of rotatable bonds is 7. The van der Waals surface area contributed by atoms with E-state index >= 15 is 0 Å². The van der Waals surface area contributed by atoms with Crippen LogP contribution in [0, 0.1) is 0 Å². The third-order valence-corrected chi connectivity index (χ3v) is 5.16. The molecule has 0 unspecified atom stereocenters. The first-order chi connectivity index (χ1) is 10.4. The molecular formula is C13H17ClN4O2S2. The summed E-state index contributed by atoms with van der Waals surface area (Å²) in [6.45, 7) is 0.548. The number of nitrogens with zero attached hydrogens (tertiary/aromatic N) is 3. The molecule has 0 amide bonds. The normalized spacial score (nSPS) is 11.8. The number of sulfone groups is 1. The minimum atomic E-state index is -2.99. The fraction of sp³-hybridized carbons (Fsp3) is 0.385. The van der Waals surface area contributed by atoms with Crippen molar-refractivity contribution in [2.45, 2.75) is 11.7 Å². The molecule has 0 aliphatic carbocycles. The fourth-order valence-electron chi connectivity index (χ4n) is 1.83. The molecular weight excluding hydrogens is 344 g/mol. The average Bonchev–Trinajstić information content (AvgIpc) is 2.81. The lowest BCUT2D eigenvalue weighted by molar-refractivity contribution is 0.603. The first-order valence-electron chi connectivity index (χ1n) is 6.56. The van der Waals surface area contributed by atoms with Gasteiger partial charge in [0.25, 0.3) is 0 Å². The van der Waals surface area contributed by atoms with Crippen LogP contribution in [0.15, 0.2) is 29.4 Å². The van der Waals surface area contributed by atoms with Crippen LogP contribution in [0.4, 0.5) is 0 Å². The number of nitrogens with one attached hydrogen (secondary N) is 1. The summed E-state index contributed by atoms with van der Waals surface area (Å²) < 4.78 is 24.4. The van der Waals surface area contributed by atoms with E-state index in [0.29, 0.717) is 22.5 Å². The van der Waals surface area contributed by atoms with Gasteiger partial charge in [-0.15, -0.1) is 10.2 Å². The molecule has 0 spiro atoms. The average molecular weight is 361 g/mol. The van der Waals surface area contributed by atoms with Crippen LogP contribution in [0.3, 0.4) is 0 Å². The Hall–Kier alpha value is -1.09. The van der Waals surface area contributed by atoms with Gasteiger partial charge < -0.3 is 5.32 Å². The molecule has 6 nitrogen and oxygen atoms in total. The molecule has 1 N–H and O–H groups in total. The molecule has 0 saturated carbocycles. The summed E-state index contributed by atoms with van der Waals surface area (Å²) in [5.41, 5.74) is 0.851. The summed E-state index contributed by atoms with van der Waals surface area (Å²) in [7, 11) is -1.17. The smallest absolute Gasteiger partial charge is 0.195 e. The Morgan fingerprint density at radius 3 is 2.77 bits per heavy atom. The topological polar surface area (TPSA) is 76.9 Å². The first kappa shape index (κ1) is 17.3. The van der Waals surface area contributed by atoms with Gasteiger partial charge >= 0.3 is 0 Å². The maximum absolute atomic E-state index is 11.2. The molecule has 1 heterocycles. The van der Waals surface area contributed by atoms with Gasteiger partial charge in [-0.3, -0.25) is 4.57 Å². The van der Waals surface area contributed by atoms with E-state index in [-0.39, 0.29) is 5.75 Å². The lowest BCUT2D eigenvalue weighted by Crippen LogP contribution is -2.12. The van der Waals surface area contributed by atoms with Gasteiger partial charge in [-0.25, -0.2) is 8.42 Å². The largest absolute Gasteiger partial charge is 0.313 e. The number of benzene rings is 1. The van der Waals surface area contributed by atoms with Crippen molar-refractivity contribution in [1.29, 1.82) is 0 Å². The number of hydrogen-bond acceptors (Lipinski definition) is 6. The van der Waals surface area contributed by atoms with E-state index in [1.54, 1.807) is 6.07 Å². The number of aromatic nitrogens is 3. The molecule has 1 aromatic carbocycles. The predicted molar refractivity (Wildman–Crippen MR) is 89.6 cm³/mol. The van der Waals surface area contributed by atoms with Crippen LogP contribution >= 0.6 is 23.4 Å². The van der Waals surface area contributed by atoms with Crippen LogP contribution in [-0.4, -0.2) is 48.0 Å². The van der Waals surface area contributed by atoms with Crippen LogP contribution < -0.4 is 5.32 Å². The van der Waals surface area contributed by atoms with Crippen molar-refractivity contribution in [2.24, 2.45) is 0 Å². The van der Waals surface area contributed by atoms with Crippen molar-refractivity contribution in [2.75, 3.05) is 24.8 Å². The highest BCUT2D eigenvalue weighted by molar-refractivity contribution is 8.00. The Morgan fingerprint density at radius 2 is 2.14 bits per heavy atom. The number of thioether (sulfide) groups is 1. The molecule has 0 aliphatic rings. The van der Waals surface area contributed by atoms with Crippen molar-refractivity contribution < 1.29 is 8.42 Å². The van der Waals surface area contributed by atoms with Gasteiger partial charge in [0.2, 0.25) is 0 Å². The SMILES string of the molecule is CNCc1nnc(SCCS(C)(=O)=O)n1-c1cccc(Cl)c1. The van der Waals surface area contributed by atoms with Gasteiger partial charge in [-0.05, 0) is 25.2 Å². The molecule has 2 aromatic rings. The summed E-state index contributed by atoms with van der Waals surface area (Å²) in [6.07, 6.45) is 1.22. The minimum absolute atomic E-state index is 0.0986. The van der Waals surface area contributed by atoms with Crippen molar-refractivity contribution in [1.82, 2.24) is 20.1 Å². The minimum Gasteiger partial charge on any atom is -0.313 e. The van der Waals surface area contributed by atoms with E-state index < -0.39 is 9.84 Å². The molecule has 0 aliphatic heterocycles. The van der Waals surface area contributed by atoms with Crippen LogP contribution in [0.25, 0.3) is 5.69 Å². The molecule has 1 aromatic heterocycles. The zero-order chi connectivity index (χ0) is 16.2. The summed E-state index contributed by atoms with van der Waals surface area (Å²) in [5, 5.41) is 12.6. The summed E-state index contributed by atoms with van der Waals surface area (Å²) in [4.78, 5) is 0. The lowest BCUT2D eigenvalue weighted by atomic mass is 10.3. The van der Waals surface area contributed by atoms with E-state index in [0.717, 1.165) is 11.5 Å². The molecule has 2 rings (SSSR count). The lowest BCUT2D eigenvalue weighted by Gasteiger charge is -2.10. The third kappa shape index (κ3) is 4.70. The molecule has 0 radical (unpaired) electrons. The zero-order valence-corrected chi connectivity index (χ0v) is 14.7. The molecule has 0 bridgehead atoms. The summed E-state index contributed by atoms with van der Waals surface area (Å²) in [5.74, 6) is 1.27. The third-order valence-electron chi connectivity index (χ3n) is 2.79. The standard InChI is InChI=1S/C13H17ClN4O2S2/c1-15-9-12-16-17-13(21-6-7-22(2,19)20)18(12)11-5-3-4-10(14)8-11/h3-5,8,15H,6-7,9H2,1-2H3. The predicted octanol–water partition coefficient (Wildman–Crippen LogP) is 1.78. The van der Waals surface area contributed by atoms with Crippen LogP contribution in [0.1, 0.15) is 5.82 Å². The first-order valence-corrected chi connectivity index (χ1v) is 9.98. The van der Waals surface area contributed by atoms with Crippen molar-refractivity contribution in [3.8, 4) is 5.69 Å². The number of halogens is 1. The Morgan fingerprint density at radius 1 is 1.36 bits per heavy atom. The maximum Gasteiger partial charge on any atom is 0.195 e. The van der Waals surface area contributed by atoms with Crippen LogP contribution in [-0.2, 0) is 16.4 Å². The highest BCUT2D eigenvalue weighted by Gasteiger charge is 2.15. The van der Waals surface area contributed by atoms with Crippen molar-refractivity contribution in [3.05, 3.63) is 35.1 Å². The van der Waals surface area contributed by atoms with Gasteiger partial charge in [0.05, 0.1) is 18.0 Å². The van der Waals surface area contributed by atoms with E-state index in [1.165, 1.54) is 18.0 Å². The van der Waals surface area contributed by atoms with Gasteiger partial charge in [0, 0.05) is 17.0 Å². The highest BCUT2D eigenvalue weighted by Crippen LogP contribution is 2.24. The van der Waals surface area contributed by atoms with Crippen LogP contribution in [0.5, 0.6) is 0 Å². The second kappa shape index (κ2) is 7.45. The van der Waals surface area contributed by atoms with Crippen LogP contribution in [0.2, 0.25) is 5.02 Å². The van der Waals surface area contributed by atoms with E-state index in [1.807, 2.05) is 29.8 Å². The van der Waals surface area contributed by atoms with Crippen molar-refractivity contribution in [3.63, 3.8) is 0 Å². The molecule has 22 heavy (non-hydrogen) atoms. The number of hydrogen-bond donors (Lipinski definition) is 1. The molecule has 0 atom stereocenters. The quantitative estimate of drug-likeness (QED) is 0.758. The van der Waals surface area contributed by atoms with Gasteiger partial charge in [-0.2, -0.15) is 0 Å². The van der Waals surface area contributed by atoms with E-state index in [4.69, 9.17) is 11.6 Å². The summed E-state index contributed by atoms with van der Waals surface area (Å²) in [6, 6.07) is 7.38. The van der Waals surface area contributed by atoms with E-state index in [2.05, 4.69) is 15.5 Å². The van der Waals surface area contributed by atoms with Crippen molar-refractivity contribution >= 4 is 33.2 Å². The molecule has 9 heteroatoms. The summed E-state index contributed by atoms with van der Waals surface area (Å²) >= 11 is 7.41. The molecule has 0 saturated heterocycles. The monoisotopic (exact) mass is 360 g/mol. The van der Waals surface area contributed by atoms with E-state index in [9.17, 15) is 8.42 Å². The molecule has 120 valence electrons. The Bertz CT molecular complexity index is 746. The Labute approximate surface area is 139 Å². The second-order valence-electron chi connectivity index (χ2n) is 4.72. The fourth-order valence-corrected chi connectivity index (χ4v) is 4.18. The second-order valence-corrected chi connectivity index (χ2v) is 8.48. The van der Waals surface area contributed by atoms with Gasteiger partial charge in [-0.1, -0.05) is 29.4 Å². The highest BCUT2D eigenvalue weighted by atomic mass is 35.5. The molecule has 0 fully saturated rings. The Kier molecular flexibility index (Phi) is 5.85. The van der Waals surface area contributed by atoms with Gasteiger partial charge in [0.15, 0.2) is 11.0 Å². The Balaban J connectivity index is 2.30. The van der Waals surface area contributed by atoms with Gasteiger partial charge in [0.1, 0.15) is 9.84 Å². The zero-order valence-electron chi connectivity index (χ0n) is 12.3.